The molecule has 1 aliphatic heterocycles. The van der Waals surface area contributed by atoms with Crippen LogP contribution in [0.15, 0.2) is 11.6 Å². The Hall–Kier alpha value is -0.950. The van der Waals surface area contributed by atoms with E-state index in [1.54, 1.807) is 13.8 Å². The second-order valence-electron chi connectivity index (χ2n) is 15.5. The molecule has 3 saturated carbocycles. The molecule has 6 nitrogen and oxygen atoms in total. The molecule has 5 aliphatic rings. The van der Waals surface area contributed by atoms with Crippen LogP contribution in [-0.4, -0.2) is 57.4 Å². The summed E-state index contributed by atoms with van der Waals surface area (Å²) in [6, 6.07) is 0. The lowest BCUT2D eigenvalue weighted by atomic mass is 9.41. The highest BCUT2D eigenvalue weighted by Gasteiger charge is 2.73. The third-order valence-electron chi connectivity index (χ3n) is 12.8. The molecule has 4 fully saturated rings. The van der Waals surface area contributed by atoms with Crippen LogP contribution in [0.1, 0.15) is 101 Å². The van der Waals surface area contributed by atoms with Gasteiger partial charge in [0.05, 0.1) is 30.0 Å². The first-order valence-electron chi connectivity index (χ1n) is 15.0. The van der Waals surface area contributed by atoms with E-state index in [9.17, 15) is 20.1 Å². The zero-order chi connectivity index (χ0) is 28.2. The summed E-state index contributed by atoms with van der Waals surface area (Å²) in [5.74, 6) is 0.667. The average molecular weight is 533 g/mol. The van der Waals surface area contributed by atoms with Crippen molar-refractivity contribution in [2.75, 3.05) is 0 Å². The van der Waals surface area contributed by atoms with Gasteiger partial charge in [-0.3, -0.25) is 4.79 Å². The van der Waals surface area contributed by atoms with Gasteiger partial charge < -0.3 is 24.8 Å². The van der Waals surface area contributed by atoms with Crippen LogP contribution in [-0.2, 0) is 14.3 Å². The second-order valence-corrected chi connectivity index (χ2v) is 15.5. The molecule has 0 aromatic heterocycles. The zero-order valence-corrected chi connectivity index (χ0v) is 25.1. The molecule has 6 heteroatoms. The minimum absolute atomic E-state index is 0.0276. The minimum Gasteiger partial charge on any atom is -0.457 e. The van der Waals surface area contributed by atoms with E-state index in [2.05, 4.69) is 47.6 Å². The van der Waals surface area contributed by atoms with Gasteiger partial charge in [0.25, 0.3) is 0 Å². The van der Waals surface area contributed by atoms with Crippen molar-refractivity contribution in [3.05, 3.63) is 11.6 Å². The fourth-order valence-corrected chi connectivity index (χ4v) is 10.8. The Kier molecular flexibility index (Phi) is 6.60. The largest absolute Gasteiger partial charge is 0.457 e. The van der Waals surface area contributed by atoms with Gasteiger partial charge >= 0.3 is 5.97 Å². The first-order chi connectivity index (χ1) is 17.4. The van der Waals surface area contributed by atoms with E-state index in [0.29, 0.717) is 12.3 Å². The van der Waals surface area contributed by atoms with Gasteiger partial charge in [0.1, 0.15) is 0 Å². The summed E-state index contributed by atoms with van der Waals surface area (Å²) in [6.07, 6.45) is 5.44. The summed E-state index contributed by atoms with van der Waals surface area (Å²) in [6.45, 7) is 18.5. The van der Waals surface area contributed by atoms with E-state index < -0.39 is 29.9 Å². The van der Waals surface area contributed by atoms with E-state index in [-0.39, 0.29) is 51.6 Å². The summed E-state index contributed by atoms with van der Waals surface area (Å²) in [4.78, 5) is 11.9. The van der Waals surface area contributed by atoms with Gasteiger partial charge in [0.15, 0.2) is 6.10 Å². The number of esters is 1. The molecule has 0 aromatic rings. The van der Waals surface area contributed by atoms with E-state index in [1.807, 2.05) is 0 Å². The number of rotatable bonds is 3. The molecule has 3 N–H and O–H groups in total. The van der Waals surface area contributed by atoms with Crippen molar-refractivity contribution in [2.45, 2.75) is 137 Å². The van der Waals surface area contributed by atoms with Gasteiger partial charge in [-0.05, 0) is 92.3 Å². The molecular weight excluding hydrogens is 480 g/mol. The van der Waals surface area contributed by atoms with E-state index in [4.69, 9.17) is 9.47 Å². The van der Waals surface area contributed by atoms with Gasteiger partial charge in [-0.25, -0.2) is 0 Å². The van der Waals surface area contributed by atoms with Gasteiger partial charge in [-0.1, -0.05) is 53.2 Å². The van der Waals surface area contributed by atoms with Crippen LogP contribution in [0.3, 0.4) is 0 Å². The smallest absolute Gasteiger partial charge is 0.303 e. The Labute approximate surface area is 229 Å². The van der Waals surface area contributed by atoms with Crippen LogP contribution in [0.4, 0.5) is 0 Å². The van der Waals surface area contributed by atoms with Crippen LogP contribution in [0.25, 0.3) is 0 Å². The highest BCUT2D eigenvalue weighted by molar-refractivity contribution is 5.66. The number of hydrogen-bond acceptors (Lipinski definition) is 6. The molecule has 4 aliphatic carbocycles. The third-order valence-corrected chi connectivity index (χ3v) is 12.8. The number of fused-ring (bicyclic) bond motifs is 7. The lowest BCUT2D eigenvalue weighted by molar-refractivity contribution is -0.216. The molecule has 12 atom stereocenters. The Morgan fingerprint density at radius 3 is 2.39 bits per heavy atom. The molecule has 0 amide bonds. The summed E-state index contributed by atoms with van der Waals surface area (Å²) in [5, 5.41) is 34.0. The fraction of sp³-hybridized carbons (Fsp3) is 0.906. The molecule has 1 heterocycles. The Morgan fingerprint density at radius 2 is 1.79 bits per heavy atom. The summed E-state index contributed by atoms with van der Waals surface area (Å²) >= 11 is 0. The molecule has 0 bridgehead atoms. The van der Waals surface area contributed by atoms with Gasteiger partial charge in [0, 0.05) is 12.3 Å². The monoisotopic (exact) mass is 532 g/mol. The molecular formula is C32H52O6. The number of ether oxygens (including phenoxy) is 2. The Balaban J connectivity index is 1.51. The van der Waals surface area contributed by atoms with Crippen LogP contribution >= 0.6 is 0 Å². The zero-order valence-electron chi connectivity index (χ0n) is 25.1. The maximum Gasteiger partial charge on any atom is 0.303 e. The second kappa shape index (κ2) is 8.77. The van der Waals surface area contributed by atoms with E-state index in [0.717, 1.165) is 32.1 Å². The first kappa shape index (κ1) is 28.6. The number of hydrogen-bond donors (Lipinski definition) is 3. The molecule has 0 radical (unpaired) electrons. The third kappa shape index (κ3) is 3.68. The highest BCUT2D eigenvalue weighted by Crippen LogP contribution is 2.74. The summed E-state index contributed by atoms with van der Waals surface area (Å²) < 4.78 is 12.3. The van der Waals surface area contributed by atoms with Gasteiger partial charge in [0.2, 0.25) is 0 Å². The van der Waals surface area contributed by atoms with Crippen molar-refractivity contribution < 1.29 is 29.6 Å². The van der Waals surface area contributed by atoms with Crippen molar-refractivity contribution in [3.63, 3.8) is 0 Å². The molecule has 7 unspecified atom stereocenters. The topological polar surface area (TPSA) is 96.2 Å². The van der Waals surface area contributed by atoms with Crippen molar-refractivity contribution in [2.24, 2.45) is 45.3 Å². The fourth-order valence-electron chi connectivity index (χ4n) is 10.8. The van der Waals surface area contributed by atoms with Crippen LogP contribution < -0.4 is 0 Å². The molecule has 1 saturated heterocycles. The van der Waals surface area contributed by atoms with Crippen LogP contribution in [0.2, 0.25) is 0 Å². The molecule has 0 spiro atoms. The quantitative estimate of drug-likeness (QED) is 0.349. The predicted octanol–water partition coefficient (Wildman–Crippen LogP) is 5.03. The average Bonchev–Trinajstić information content (AvgIpc) is 2.98. The lowest BCUT2D eigenvalue weighted by Crippen LogP contribution is -2.59. The SMILES string of the molecule is CC(=O)OC(C1C[C@@H](C)[C@H]2C(O1)[C@H](O)[C@@]1(C)C3CC[C@@H]4C(C)(CCC(O)C4(C)C)C3=CCC21C)C(C)(C)O. The maximum absolute atomic E-state index is 12.2. The van der Waals surface area contributed by atoms with E-state index in [1.165, 1.54) is 12.5 Å². The predicted molar refractivity (Wildman–Crippen MR) is 146 cm³/mol. The number of carbonyl (C=O) groups excluding carboxylic acids is 1. The van der Waals surface area contributed by atoms with Crippen molar-refractivity contribution in [1.82, 2.24) is 0 Å². The number of aliphatic hydroxyl groups is 3. The van der Waals surface area contributed by atoms with Gasteiger partial charge in [-0.15, -0.1) is 0 Å². The highest BCUT2D eigenvalue weighted by atomic mass is 16.6. The lowest BCUT2D eigenvalue weighted by Gasteiger charge is -2.64. The first-order valence-corrected chi connectivity index (χ1v) is 15.0. The summed E-state index contributed by atoms with van der Waals surface area (Å²) in [7, 11) is 0. The molecule has 5 rings (SSSR count). The van der Waals surface area contributed by atoms with E-state index >= 15 is 0 Å². The molecule has 216 valence electrons. The van der Waals surface area contributed by atoms with Crippen molar-refractivity contribution in [3.8, 4) is 0 Å². The van der Waals surface area contributed by atoms with Crippen molar-refractivity contribution >= 4 is 5.97 Å². The van der Waals surface area contributed by atoms with Crippen LogP contribution in [0.5, 0.6) is 0 Å². The van der Waals surface area contributed by atoms with Crippen LogP contribution in [0, 0.1) is 45.3 Å². The Bertz CT molecular complexity index is 996. The normalized spacial score (nSPS) is 50.6. The number of carbonyl (C=O) groups is 1. The maximum atomic E-state index is 12.2. The van der Waals surface area contributed by atoms with Crippen molar-refractivity contribution in [1.29, 1.82) is 0 Å². The molecule has 38 heavy (non-hydrogen) atoms. The standard InChI is InChI=1S/C32H52O6/c1-17-16-21(27(29(5,6)36)37-18(2)33)38-25-24(17)31(8)15-12-19-20(32(31,9)26(25)35)10-11-22-28(3,4)23(34)13-14-30(19,22)7/h12,17,20-27,34-36H,10-11,13-16H2,1-9H3/t17-,20?,21?,22+,23?,24+,25?,26+,27?,30?,31?,32-/m1/s1. The summed E-state index contributed by atoms with van der Waals surface area (Å²) in [5.41, 5.74) is -0.336. The minimum atomic E-state index is -1.26. The number of aliphatic hydroxyl groups excluding tert-OH is 2. The number of allylic oxidation sites excluding steroid dienone is 2. The Morgan fingerprint density at radius 1 is 1.13 bits per heavy atom. The molecule has 0 aromatic carbocycles. The van der Waals surface area contributed by atoms with Gasteiger partial charge in [-0.2, -0.15) is 0 Å².